The summed E-state index contributed by atoms with van der Waals surface area (Å²) in [5, 5.41) is 2.72. The van der Waals surface area contributed by atoms with Crippen LogP contribution >= 0.6 is 0 Å². The summed E-state index contributed by atoms with van der Waals surface area (Å²) in [7, 11) is 0. The third-order valence-electron chi connectivity index (χ3n) is 6.61. The molecule has 3 amide bonds. The van der Waals surface area contributed by atoms with Crippen molar-refractivity contribution in [3.05, 3.63) is 124 Å². The zero-order valence-electron chi connectivity index (χ0n) is 21.5. The zero-order chi connectivity index (χ0) is 26.8. The lowest BCUT2D eigenvalue weighted by Gasteiger charge is -2.12. The molecule has 0 radical (unpaired) electrons. The molecule has 1 aromatic heterocycles. The Bertz CT molecular complexity index is 1520. The number of aryl methyl sites for hydroxylation is 2. The Labute approximate surface area is 221 Å². The van der Waals surface area contributed by atoms with Crippen molar-refractivity contribution < 1.29 is 18.7 Å². The summed E-state index contributed by atoms with van der Waals surface area (Å²) in [5.41, 5.74) is 6.87. The van der Waals surface area contributed by atoms with Crippen LogP contribution in [0.5, 0.6) is 5.75 Å². The maximum Gasteiger partial charge on any atom is 0.329 e. The van der Waals surface area contributed by atoms with E-state index in [1.165, 1.54) is 17.0 Å². The first-order valence-corrected chi connectivity index (χ1v) is 12.4. The van der Waals surface area contributed by atoms with Crippen LogP contribution in [0.3, 0.4) is 0 Å². The normalized spacial score (nSPS) is 14.3. The minimum absolute atomic E-state index is 0.219. The highest BCUT2D eigenvalue weighted by Gasteiger charge is 2.33. The van der Waals surface area contributed by atoms with E-state index in [-0.39, 0.29) is 24.0 Å². The quantitative estimate of drug-likeness (QED) is 0.238. The molecule has 38 heavy (non-hydrogen) atoms. The molecule has 0 bridgehead atoms. The Balaban J connectivity index is 1.31. The van der Waals surface area contributed by atoms with E-state index in [2.05, 4.69) is 9.88 Å². The molecule has 1 N–H and O–H groups in total. The number of imide groups is 1. The molecule has 1 saturated heterocycles. The highest BCUT2D eigenvalue weighted by Crippen LogP contribution is 2.26. The fraction of sp³-hybridized carbons (Fsp3) is 0.161. The van der Waals surface area contributed by atoms with Crippen LogP contribution in [0.2, 0.25) is 0 Å². The van der Waals surface area contributed by atoms with E-state index in [1.54, 1.807) is 18.2 Å². The van der Waals surface area contributed by atoms with Crippen LogP contribution in [-0.4, -0.2) is 21.4 Å². The van der Waals surface area contributed by atoms with Crippen LogP contribution in [0.1, 0.15) is 33.6 Å². The minimum Gasteiger partial charge on any atom is -0.489 e. The highest BCUT2D eigenvalue weighted by molar-refractivity contribution is 6.14. The molecule has 0 aliphatic carbocycles. The van der Waals surface area contributed by atoms with Gasteiger partial charge in [0.2, 0.25) is 0 Å². The lowest BCUT2D eigenvalue weighted by molar-refractivity contribution is -0.123. The van der Waals surface area contributed by atoms with Gasteiger partial charge in [-0.2, -0.15) is 0 Å². The molecule has 1 fully saturated rings. The molecule has 0 atom stereocenters. The van der Waals surface area contributed by atoms with Gasteiger partial charge in [-0.3, -0.25) is 9.69 Å². The number of rotatable bonds is 7. The average molecular weight is 510 g/mol. The number of benzene rings is 3. The van der Waals surface area contributed by atoms with Gasteiger partial charge < -0.3 is 14.6 Å². The second kappa shape index (κ2) is 10.4. The van der Waals surface area contributed by atoms with Gasteiger partial charge >= 0.3 is 6.03 Å². The molecule has 5 rings (SSSR count). The van der Waals surface area contributed by atoms with Gasteiger partial charge in [-0.15, -0.1) is 0 Å². The largest absolute Gasteiger partial charge is 0.489 e. The molecule has 3 aromatic carbocycles. The average Bonchev–Trinajstić information content (AvgIpc) is 3.34. The van der Waals surface area contributed by atoms with Crippen molar-refractivity contribution in [1.29, 1.82) is 0 Å². The summed E-state index contributed by atoms with van der Waals surface area (Å²) >= 11 is 0. The maximum atomic E-state index is 13.1. The molecule has 192 valence electrons. The third-order valence-corrected chi connectivity index (χ3v) is 6.61. The van der Waals surface area contributed by atoms with Crippen LogP contribution < -0.4 is 10.1 Å². The molecular weight excluding hydrogens is 481 g/mol. The van der Waals surface area contributed by atoms with Crippen LogP contribution in [0.4, 0.5) is 9.18 Å². The van der Waals surface area contributed by atoms with E-state index >= 15 is 0 Å². The fourth-order valence-electron chi connectivity index (χ4n) is 4.52. The smallest absolute Gasteiger partial charge is 0.329 e. The first kappa shape index (κ1) is 25.0. The molecule has 4 aromatic rings. The number of carbonyl (C=O) groups excluding carboxylic acids is 2. The second-order valence-corrected chi connectivity index (χ2v) is 9.44. The zero-order valence-corrected chi connectivity index (χ0v) is 21.5. The number of urea groups is 1. The molecule has 6 nitrogen and oxygen atoms in total. The Morgan fingerprint density at radius 3 is 2.21 bits per heavy atom. The number of hydrogen-bond donors (Lipinski definition) is 1. The third kappa shape index (κ3) is 5.22. The number of ether oxygens (including phenoxy) is 1. The van der Waals surface area contributed by atoms with Crippen LogP contribution in [0.15, 0.2) is 84.6 Å². The lowest BCUT2D eigenvalue weighted by Crippen LogP contribution is -2.30. The number of carbonyl (C=O) groups is 2. The summed E-state index contributed by atoms with van der Waals surface area (Å²) in [6.07, 6.45) is 1.73. The van der Waals surface area contributed by atoms with Gasteiger partial charge in [-0.1, -0.05) is 42.0 Å². The van der Waals surface area contributed by atoms with Gasteiger partial charge in [-0.05, 0) is 86.0 Å². The first-order valence-electron chi connectivity index (χ1n) is 12.4. The monoisotopic (exact) mass is 509 g/mol. The van der Waals surface area contributed by atoms with Gasteiger partial charge in [0, 0.05) is 17.1 Å². The number of nitrogens with one attached hydrogen (secondary N) is 1. The molecule has 0 unspecified atom stereocenters. The van der Waals surface area contributed by atoms with E-state index in [9.17, 15) is 14.0 Å². The molecular formula is C31H28FN3O3. The predicted molar refractivity (Wildman–Crippen MR) is 144 cm³/mol. The van der Waals surface area contributed by atoms with Gasteiger partial charge in [0.15, 0.2) is 0 Å². The Hall–Kier alpha value is -4.65. The standard InChI is InChI=1S/C31H28FN3O3/c1-20-4-6-23(7-5-20)18-34-30(36)29(33-31(34)37)17-25-16-21(2)35(22(25)3)27-12-14-28(15-13-27)38-19-24-8-10-26(32)11-9-24/h4-17H,18-19H2,1-3H3,(H,33,37)/b29-17+. The number of halogens is 1. The van der Waals surface area contributed by atoms with E-state index < -0.39 is 6.03 Å². The molecule has 1 aliphatic rings. The molecule has 0 spiro atoms. The van der Waals surface area contributed by atoms with Crippen molar-refractivity contribution in [1.82, 2.24) is 14.8 Å². The van der Waals surface area contributed by atoms with E-state index in [1.807, 2.05) is 75.4 Å². The van der Waals surface area contributed by atoms with Crippen molar-refractivity contribution in [2.24, 2.45) is 0 Å². The minimum atomic E-state index is -0.424. The van der Waals surface area contributed by atoms with Crippen LogP contribution in [0, 0.1) is 26.6 Å². The maximum absolute atomic E-state index is 13.1. The van der Waals surface area contributed by atoms with Gasteiger partial charge in [-0.25, -0.2) is 9.18 Å². The summed E-state index contributed by atoms with van der Waals surface area (Å²) in [5.74, 6) is 0.0867. The van der Waals surface area contributed by atoms with Crippen molar-refractivity contribution in [3.63, 3.8) is 0 Å². The Kier molecular flexibility index (Phi) is 6.83. The SMILES string of the molecule is Cc1ccc(CN2C(=O)N/C(=C/c3cc(C)n(-c4ccc(OCc5ccc(F)cc5)cc4)c3C)C2=O)cc1. The van der Waals surface area contributed by atoms with Crippen LogP contribution in [-0.2, 0) is 17.9 Å². The van der Waals surface area contributed by atoms with Gasteiger partial charge in [0.25, 0.3) is 5.91 Å². The van der Waals surface area contributed by atoms with Gasteiger partial charge in [0.05, 0.1) is 6.54 Å². The molecule has 2 heterocycles. The van der Waals surface area contributed by atoms with Crippen molar-refractivity contribution >= 4 is 18.0 Å². The van der Waals surface area contributed by atoms with E-state index in [0.29, 0.717) is 12.4 Å². The van der Waals surface area contributed by atoms with Gasteiger partial charge in [0.1, 0.15) is 23.9 Å². The summed E-state index contributed by atoms with van der Waals surface area (Å²) in [6.45, 7) is 6.53. The lowest BCUT2D eigenvalue weighted by atomic mass is 10.1. The molecule has 0 saturated carbocycles. The predicted octanol–water partition coefficient (Wildman–Crippen LogP) is 6.21. The fourth-order valence-corrected chi connectivity index (χ4v) is 4.52. The number of aromatic nitrogens is 1. The first-order chi connectivity index (χ1) is 18.3. The topological polar surface area (TPSA) is 63.6 Å². The molecule has 1 aliphatic heterocycles. The van der Waals surface area contributed by atoms with Crippen molar-refractivity contribution in [2.75, 3.05) is 0 Å². The molecule has 7 heteroatoms. The Morgan fingerprint density at radius 1 is 0.868 bits per heavy atom. The summed E-state index contributed by atoms with van der Waals surface area (Å²) in [4.78, 5) is 26.8. The van der Waals surface area contributed by atoms with Crippen LogP contribution in [0.25, 0.3) is 11.8 Å². The van der Waals surface area contributed by atoms with Crippen molar-refractivity contribution in [2.45, 2.75) is 33.9 Å². The number of hydrogen-bond acceptors (Lipinski definition) is 3. The number of nitrogens with zero attached hydrogens (tertiary/aromatic N) is 2. The summed E-state index contributed by atoms with van der Waals surface area (Å²) < 4.78 is 21.0. The highest BCUT2D eigenvalue weighted by atomic mass is 19.1. The second-order valence-electron chi connectivity index (χ2n) is 9.44. The Morgan fingerprint density at radius 2 is 1.53 bits per heavy atom. The summed E-state index contributed by atoms with van der Waals surface area (Å²) in [6, 6.07) is 23.3. The number of amides is 3. The van der Waals surface area contributed by atoms with E-state index in [0.717, 1.165) is 39.3 Å². The van der Waals surface area contributed by atoms with E-state index in [4.69, 9.17) is 4.74 Å². The van der Waals surface area contributed by atoms with Crippen molar-refractivity contribution in [3.8, 4) is 11.4 Å².